The van der Waals surface area contributed by atoms with Crippen molar-refractivity contribution in [3.63, 3.8) is 0 Å². The van der Waals surface area contributed by atoms with Crippen LogP contribution in [-0.2, 0) is 16.0 Å². The van der Waals surface area contributed by atoms with Gasteiger partial charge >= 0.3 is 18.5 Å². The number of carbonyl (C=O) groups excluding carboxylic acids is 2. The Morgan fingerprint density at radius 3 is 2.28 bits per heavy atom. The Labute approximate surface area is 183 Å². The van der Waals surface area contributed by atoms with E-state index in [1.54, 1.807) is 51.1 Å². The minimum Gasteiger partial charge on any atom is -0.444 e. The molecule has 0 fully saturated rings. The molecule has 1 N–H and O–H groups in total. The van der Waals surface area contributed by atoms with Gasteiger partial charge in [-0.1, -0.05) is 36.4 Å². The fourth-order valence-electron chi connectivity index (χ4n) is 3.33. The number of benzene rings is 2. The lowest BCUT2D eigenvalue weighted by molar-refractivity contribution is -0.325. The smallest absolute Gasteiger partial charge is 0.444 e. The summed E-state index contributed by atoms with van der Waals surface area (Å²) in [5, 5.41) is 2.89. The Bertz CT molecular complexity index is 961. The fourth-order valence-corrected chi connectivity index (χ4v) is 3.33. The molecule has 0 radical (unpaired) electrons. The summed E-state index contributed by atoms with van der Waals surface area (Å²) in [6.07, 6.45) is -5.39. The molecule has 1 heterocycles. The van der Waals surface area contributed by atoms with Gasteiger partial charge in [0.2, 0.25) is 0 Å². The molecule has 0 saturated heterocycles. The largest absolute Gasteiger partial charge is 0.544 e. The third kappa shape index (κ3) is 6.13. The van der Waals surface area contributed by atoms with Gasteiger partial charge in [-0.15, -0.1) is 13.2 Å². The average Bonchev–Trinajstić information content (AvgIpc) is 2.69. The van der Waals surface area contributed by atoms with Gasteiger partial charge in [-0.2, -0.15) is 9.90 Å². The number of rotatable bonds is 3. The molecule has 0 aliphatic carbocycles. The summed E-state index contributed by atoms with van der Waals surface area (Å²) in [5.41, 5.74) is 0.311. The van der Waals surface area contributed by atoms with Crippen molar-refractivity contribution in [2.45, 2.75) is 45.2 Å². The number of anilines is 2. The number of hydrogen-bond acceptors (Lipinski definition) is 4. The number of fused-ring (bicyclic) bond motifs is 1. The lowest BCUT2D eigenvalue weighted by Crippen LogP contribution is -2.55. The highest BCUT2D eigenvalue weighted by molar-refractivity contribution is 6.03. The van der Waals surface area contributed by atoms with Crippen LogP contribution in [0, 0.1) is 0 Å². The number of alkyl halides is 3. The number of nitrogens with zero attached hydrogens (tertiary/aromatic N) is 2. The summed E-state index contributed by atoms with van der Waals surface area (Å²) in [6.45, 7) is 5.07. The number of amides is 3. The van der Waals surface area contributed by atoms with Crippen LogP contribution in [0.25, 0.3) is 0 Å². The van der Waals surface area contributed by atoms with Crippen LogP contribution in [0.2, 0.25) is 0 Å². The summed E-state index contributed by atoms with van der Waals surface area (Å²) in [7, 11) is 0. The monoisotopic (exact) mass is 451 g/mol. The Hall–Kier alpha value is -3.27. The number of ether oxygens (including phenoxy) is 1. The molecule has 3 amide bonds. The Balaban J connectivity index is 1.90. The molecule has 2 aromatic carbocycles. The summed E-state index contributed by atoms with van der Waals surface area (Å²) in [4.78, 5) is 30.7. The molecule has 10 heteroatoms. The minimum atomic E-state index is -5.09. The molecule has 1 aliphatic heterocycles. The molecule has 0 saturated carbocycles. The van der Waals surface area contributed by atoms with Gasteiger partial charge in [0.05, 0.1) is 11.7 Å². The predicted octanol–water partition coefficient (Wildman–Crippen LogP) is 5.02. The minimum absolute atomic E-state index is 0.0698. The van der Waals surface area contributed by atoms with Crippen LogP contribution >= 0.6 is 0 Å². The predicted molar refractivity (Wildman–Crippen MR) is 112 cm³/mol. The summed E-state index contributed by atoms with van der Waals surface area (Å²) in [6, 6.07) is 12.4. The van der Waals surface area contributed by atoms with Gasteiger partial charge in [0.15, 0.2) is 0 Å². The third-order valence-corrected chi connectivity index (χ3v) is 4.46. The van der Waals surface area contributed by atoms with Crippen LogP contribution in [0.15, 0.2) is 54.6 Å². The highest BCUT2D eigenvalue weighted by Crippen LogP contribution is 2.31. The van der Waals surface area contributed by atoms with Crippen LogP contribution in [0.3, 0.4) is 0 Å². The van der Waals surface area contributed by atoms with Crippen LogP contribution in [0.1, 0.15) is 26.3 Å². The number of urea groups is 1. The molecular formula is C22H24F3N3O4. The second-order valence-electron chi connectivity index (χ2n) is 8.24. The molecule has 1 aliphatic rings. The van der Waals surface area contributed by atoms with E-state index in [1.165, 1.54) is 24.3 Å². The lowest BCUT2D eigenvalue weighted by atomic mass is 9.98. The number of nitrogens with one attached hydrogen (secondary N) is 1. The highest BCUT2D eigenvalue weighted by atomic mass is 19.4. The molecule has 0 bridgehead atoms. The third-order valence-electron chi connectivity index (χ3n) is 4.46. The first kappa shape index (κ1) is 23.4. The van der Waals surface area contributed by atoms with Crippen LogP contribution in [0.5, 0.6) is 0 Å². The summed E-state index contributed by atoms with van der Waals surface area (Å²) < 4.78 is 44.6. The molecule has 0 aromatic heterocycles. The summed E-state index contributed by atoms with van der Waals surface area (Å²) in [5.74, 6) is 0. The van der Waals surface area contributed by atoms with Crippen molar-refractivity contribution in [1.29, 1.82) is 0 Å². The van der Waals surface area contributed by atoms with E-state index in [-0.39, 0.29) is 17.3 Å². The Kier molecular flexibility index (Phi) is 6.63. The van der Waals surface area contributed by atoms with E-state index in [4.69, 9.17) is 4.74 Å². The molecule has 7 nitrogen and oxygen atoms in total. The van der Waals surface area contributed by atoms with E-state index in [2.05, 4.69) is 10.2 Å². The van der Waals surface area contributed by atoms with Crippen LogP contribution < -0.4 is 15.3 Å². The number of halogens is 3. The zero-order valence-electron chi connectivity index (χ0n) is 17.8. The first-order valence-corrected chi connectivity index (χ1v) is 9.93. The van der Waals surface area contributed by atoms with Gasteiger partial charge in [-0.05, 0) is 51.0 Å². The van der Waals surface area contributed by atoms with E-state index in [9.17, 15) is 22.8 Å². The molecule has 1 atom stereocenters. The zero-order valence-corrected chi connectivity index (χ0v) is 17.8. The van der Waals surface area contributed by atoms with Gasteiger partial charge in [-0.25, -0.2) is 9.59 Å². The van der Waals surface area contributed by atoms with E-state index in [0.717, 1.165) is 4.90 Å². The zero-order chi connectivity index (χ0) is 23.5. The molecule has 2 aromatic rings. The van der Waals surface area contributed by atoms with E-state index in [1.807, 2.05) is 0 Å². The van der Waals surface area contributed by atoms with E-state index in [0.29, 0.717) is 17.7 Å². The van der Waals surface area contributed by atoms with Crippen molar-refractivity contribution in [1.82, 2.24) is 5.32 Å². The number of alkyl carbamates (subject to hydrolysis) is 1. The van der Waals surface area contributed by atoms with Crippen molar-refractivity contribution in [3.8, 4) is 0 Å². The van der Waals surface area contributed by atoms with Gasteiger partial charge in [0.25, 0.3) is 0 Å². The van der Waals surface area contributed by atoms with Crippen LogP contribution in [0.4, 0.5) is 34.1 Å². The number of carbonyl (C=O) groups is 2. The van der Waals surface area contributed by atoms with E-state index >= 15 is 0 Å². The maximum absolute atomic E-state index is 13.3. The topological polar surface area (TPSA) is 71.1 Å². The average molecular weight is 451 g/mol. The number of para-hydroxylation sites is 2. The van der Waals surface area contributed by atoms with Crippen molar-refractivity contribution >= 4 is 23.5 Å². The van der Waals surface area contributed by atoms with Gasteiger partial charge in [-0.3, -0.25) is 4.90 Å². The molecule has 3 rings (SSSR count). The van der Waals surface area contributed by atoms with Crippen molar-refractivity contribution < 1.29 is 32.3 Å². The van der Waals surface area contributed by atoms with Crippen molar-refractivity contribution in [2.75, 3.05) is 16.5 Å². The molecule has 32 heavy (non-hydrogen) atoms. The molecule has 0 spiro atoms. The maximum Gasteiger partial charge on any atom is 0.544 e. The van der Waals surface area contributed by atoms with Crippen LogP contribution in [-0.4, -0.2) is 36.7 Å². The van der Waals surface area contributed by atoms with E-state index < -0.39 is 30.1 Å². The quantitative estimate of drug-likeness (QED) is 0.666. The Morgan fingerprint density at radius 2 is 1.66 bits per heavy atom. The number of hydrogen-bond donors (Lipinski definition) is 1. The maximum atomic E-state index is 13.3. The van der Waals surface area contributed by atoms with Crippen molar-refractivity contribution in [2.24, 2.45) is 0 Å². The molecular weight excluding hydrogens is 427 g/mol. The second-order valence-corrected chi connectivity index (χ2v) is 8.24. The van der Waals surface area contributed by atoms with Crippen molar-refractivity contribution in [3.05, 3.63) is 60.2 Å². The molecule has 172 valence electrons. The first-order valence-electron chi connectivity index (χ1n) is 9.93. The standard InChI is InChI=1S/C22H24F3N3O4/c1-21(2,3)31-19(29)26-16-13-15-9-7-8-12-18(15)27(14-16)20(30)28(32-22(23,24)25)17-10-5-4-6-11-17/h4-12,16H,13-14H2,1-3H3,(H,26,29). The normalized spacial score (nSPS) is 16.2. The highest BCUT2D eigenvalue weighted by Gasteiger charge is 2.40. The van der Waals surface area contributed by atoms with Gasteiger partial charge in [0, 0.05) is 12.2 Å². The van der Waals surface area contributed by atoms with Gasteiger partial charge in [0.1, 0.15) is 5.60 Å². The summed E-state index contributed by atoms with van der Waals surface area (Å²) >= 11 is 0. The second kappa shape index (κ2) is 9.07. The Morgan fingerprint density at radius 1 is 1.03 bits per heavy atom. The fraction of sp³-hybridized carbons (Fsp3) is 0.364. The SMILES string of the molecule is CC(C)(C)OC(=O)NC1Cc2ccccc2N(C(=O)N(OC(F)(F)F)c2ccccc2)C1. The lowest BCUT2D eigenvalue weighted by Gasteiger charge is -2.37. The first-order chi connectivity index (χ1) is 14.9. The number of hydroxylamine groups is 1. The molecule has 1 unspecified atom stereocenters. The van der Waals surface area contributed by atoms with Gasteiger partial charge < -0.3 is 10.1 Å².